The van der Waals surface area contributed by atoms with Crippen molar-refractivity contribution in [1.82, 2.24) is 0 Å². The third-order valence-corrected chi connectivity index (χ3v) is 13.5. The highest BCUT2D eigenvalue weighted by Crippen LogP contribution is 2.77. The molecule has 0 aromatic heterocycles. The number of hydrogen-bond donors (Lipinski definition) is 2. The van der Waals surface area contributed by atoms with Gasteiger partial charge in [0.25, 0.3) is 0 Å². The maximum atomic E-state index is 12.8. The Labute approximate surface area is 201 Å². The van der Waals surface area contributed by atoms with Crippen LogP contribution in [0.15, 0.2) is 12.2 Å². The van der Waals surface area contributed by atoms with Crippen LogP contribution >= 0.6 is 0 Å². The summed E-state index contributed by atoms with van der Waals surface area (Å²) >= 11 is 0. The molecule has 0 aliphatic heterocycles. The smallest absolute Gasteiger partial charge is 0.309 e. The van der Waals surface area contributed by atoms with E-state index in [-0.39, 0.29) is 33.7 Å². The molecular formula is C30H48O3. The number of aliphatic hydroxyl groups excluding tert-OH is 1. The number of aliphatic hydroxyl groups is 1. The van der Waals surface area contributed by atoms with Gasteiger partial charge in [0.15, 0.2) is 0 Å². The number of fused-ring (bicyclic) bond motifs is 7. The molecule has 0 unspecified atom stereocenters. The molecule has 0 aromatic carbocycles. The molecule has 0 saturated heterocycles. The van der Waals surface area contributed by atoms with Crippen molar-refractivity contribution >= 4 is 5.97 Å². The third-order valence-electron chi connectivity index (χ3n) is 13.5. The molecule has 3 heteroatoms. The summed E-state index contributed by atoms with van der Waals surface area (Å²) in [6.07, 6.45) is 10.5. The maximum Gasteiger partial charge on any atom is 0.309 e. The minimum absolute atomic E-state index is 0.0202. The molecule has 10 atom stereocenters. The SMILES string of the molecule is C=C(C)[C@H]1CC[C@@]2(C(=O)O)CC[C@@]3(C)[C@@H](CC[C@@H]4[C@@]5(C)CC[C@@H](O)C(C)(C)[C@@H]5CC[C@]43C)[C@H]12. The minimum Gasteiger partial charge on any atom is -0.481 e. The fourth-order valence-corrected chi connectivity index (χ4v) is 11.5. The lowest BCUT2D eigenvalue weighted by Crippen LogP contribution is -2.67. The van der Waals surface area contributed by atoms with Gasteiger partial charge >= 0.3 is 5.97 Å². The summed E-state index contributed by atoms with van der Waals surface area (Å²) in [6, 6.07) is 0. The molecule has 5 saturated carbocycles. The fourth-order valence-electron chi connectivity index (χ4n) is 11.5. The standard InChI is InChI=1S/C30H48O3/c1-18(2)19-10-15-30(25(32)33)17-16-28(6)20(24(19)30)8-9-22-27(5)13-12-23(31)26(3,4)21(27)11-14-29(22,28)7/h19-24,31H,1,8-17H2,2-7H3,(H,32,33)/t19-,20+,21+,22-,23-,24+,27+,28+,29-,30-/m1/s1. The first-order valence-electron chi connectivity index (χ1n) is 13.8. The van der Waals surface area contributed by atoms with Crippen LogP contribution in [0.4, 0.5) is 0 Å². The zero-order valence-corrected chi connectivity index (χ0v) is 22.0. The number of rotatable bonds is 2. The zero-order valence-electron chi connectivity index (χ0n) is 22.0. The second-order valence-corrected chi connectivity index (χ2v) is 14.5. The Morgan fingerprint density at radius 3 is 2.15 bits per heavy atom. The Balaban J connectivity index is 1.57. The topological polar surface area (TPSA) is 57.5 Å². The lowest BCUT2D eigenvalue weighted by molar-refractivity contribution is -0.248. The van der Waals surface area contributed by atoms with Crippen molar-refractivity contribution in [3.63, 3.8) is 0 Å². The van der Waals surface area contributed by atoms with E-state index >= 15 is 0 Å². The number of carboxylic acid groups (broad SMARTS) is 1. The normalized spacial score (nSPS) is 55.0. The second kappa shape index (κ2) is 7.11. The van der Waals surface area contributed by atoms with Gasteiger partial charge in [0.05, 0.1) is 11.5 Å². The van der Waals surface area contributed by atoms with E-state index in [1.165, 1.54) is 31.3 Å². The van der Waals surface area contributed by atoms with Crippen LogP contribution in [-0.4, -0.2) is 22.3 Å². The predicted octanol–water partition coefficient (Wildman–Crippen LogP) is 7.09. The van der Waals surface area contributed by atoms with Gasteiger partial charge in [-0.05, 0) is 122 Å². The van der Waals surface area contributed by atoms with E-state index in [9.17, 15) is 15.0 Å². The zero-order chi connectivity index (χ0) is 24.2. The lowest BCUT2D eigenvalue weighted by atomic mass is 9.32. The monoisotopic (exact) mass is 456 g/mol. The highest BCUT2D eigenvalue weighted by Gasteiger charge is 2.71. The Bertz CT molecular complexity index is 861. The molecule has 0 bridgehead atoms. The number of aliphatic carboxylic acids is 1. The molecule has 3 nitrogen and oxygen atoms in total. The van der Waals surface area contributed by atoms with Gasteiger partial charge in [0, 0.05) is 0 Å². The molecule has 0 heterocycles. The van der Waals surface area contributed by atoms with Crippen LogP contribution in [-0.2, 0) is 4.79 Å². The highest BCUT2D eigenvalue weighted by molar-refractivity contribution is 5.76. The van der Waals surface area contributed by atoms with Crippen molar-refractivity contribution in [3.05, 3.63) is 12.2 Å². The van der Waals surface area contributed by atoms with E-state index in [1.54, 1.807) is 0 Å². The Hall–Kier alpha value is -0.830. The van der Waals surface area contributed by atoms with Crippen LogP contribution in [0.3, 0.4) is 0 Å². The van der Waals surface area contributed by atoms with Crippen molar-refractivity contribution in [2.45, 2.75) is 112 Å². The van der Waals surface area contributed by atoms with Gasteiger partial charge in [-0.2, -0.15) is 0 Å². The predicted molar refractivity (Wildman–Crippen MR) is 133 cm³/mol. The second-order valence-electron chi connectivity index (χ2n) is 14.5. The molecular weight excluding hydrogens is 408 g/mol. The Morgan fingerprint density at radius 1 is 0.818 bits per heavy atom. The molecule has 33 heavy (non-hydrogen) atoms. The van der Waals surface area contributed by atoms with Crippen LogP contribution in [0.25, 0.3) is 0 Å². The molecule has 5 fully saturated rings. The number of carbonyl (C=O) groups is 1. The van der Waals surface area contributed by atoms with E-state index in [2.05, 4.69) is 48.1 Å². The summed E-state index contributed by atoms with van der Waals surface area (Å²) in [5.41, 5.74) is 1.35. The van der Waals surface area contributed by atoms with E-state index in [0.717, 1.165) is 38.5 Å². The van der Waals surface area contributed by atoms with Crippen molar-refractivity contribution in [2.24, 2.45) is 56.7 Å². The largest absolute Gasteiger partial charge is 0.481 e. The Kier molecular flexibility index (Phi) is 5.15. The Morgan fingerprint density at radius 2 is 1.52 bits per heavy atom. The van der Waals surface area contributed by atoms with Gasteiger partial charge in [-0.25, -0.2) is 0 Å². The maximum absolute atomic E-state index is 12.8. The van der Waals surface area contributed by atoms with Gasteiger partial charge in [-0.1, -0.05) is 46.8 Å². The first-order chi connectivity index (χ1) is 15.3. The molecule has 5 aliphatic rings. The van der Waals surface area contributed by atoms with Gasteiger partial charge in [-0.3, -0.25) is 4.79 Å². The van der Waals surface area contributed by atoms with Gasteiger partial charge in [0.2, 0.25) is 0 Å². The van der Waals surface area contributed by atoms with Gasteiger partial charge in [-0.15, -0.1) is 0 Å². The van der Waals surface area contributed by atoms with E-state index < -0.39 is 11.4 Å². The summed E-state index contributed by atoms with van der Waals surface area (Å²) in [7, 11) is 0. The van der Waals surface area contributed by atoms with Gasteiger partial charge in [0.1, 0.15) is 0 Å². The molecule has 5 rings (SSSR count). The van der Waals surface area contributed by atoms with Crippen molar-refractivity contribution in [2.75, 3.05) is 0 Å². The molecule has 0 amide bonds. The number of hydrogen-bond acceptors (Lipinski definition) is 2. The van der Waals surface area contributed by atoms with Crippen LogP contribution < -0.4 is 0 Å². The van der Waals surface area contributed by atoms with Gasteiger partial charge < -0.3 is 10.2 Å². The lowest BCUT2D eigenvalue weighted by Gasteiger charge is -2.72. The van der Waals surface area contributed by atoms with Crippen LogP contribution in [0.5, 0.6) is 0 Å². The number of allylic oxidation sites excluding steroid dienone is 1. The first-order valence-corrected chi connectivity index (χ1v) is 13.8. The summed E-state index contributed by atoms with van der Waals surface area (Å²) in [4.78, 5) is 12.8. The van der Waals surface area contributed by atoms with Crippen LogP contribution in [0.2, 0.25) is 0 Å². The van der Waals surface area contributed by atoms with Crippen molar-refractivity contribution < 1.29 is 15.0 Å². The molecule has 186 valence electrons. The van der Waals surface area contributed by atoms with E-state index in [0.29, 0.717) is 23.7 Å². The quantitative estimate of drug-likeness (QED) is 0.436. The van der Waals surface area contributed by atoms with E-state index in [1.807, 2.05) is 0 Å². The molecule has 2 N–H and O–H groups in total. The van der Waals surface area contributed by atoms with Crippen molar-refractivity contribution in [1.29, 1.82) is 0 Å². The van der Waals surface area contributed by atoms with Crippen LogP contribution in [0, 0.1) is 56.7 Å². The molecule has 0 spiro atoms. The minimum atomic E-state index is -0.538. The average molecular weight is 457 g/mol. The average Bonchev–Trinajstić information content (AvgIpc) is 3.13. The molecule has 0 radical (unpaired) electrons. The third kappa shape index (κ3) is 2.75. The summed E-state index contributed by atoms with van der Waals surface area (Å²) in [6.45, 7) is 18.8. The number of carboxylic acids is 1. The van der Waals surface area contributed by atoms with Crippen LogP contribution in [0.1, 0.15) is 106 Å². The van der Waals surface area contributed by atoms with Crippen molar-refractivity contribution in [3.8, 4) is 0 Å². The summed E-state index contributed by atoms with van der Waals surface area (Å²) in [5.74, 6) is 1.79. The summed E-state index contributed by atoms with van der Waals surface area (Å²) < 4.78 is 0. The van der Waals surface area contributed by atoms with E-state index in [4.69, 9.17) is 0 Å². The first kappa shape index (κ1) is 23.9. The highest BCUT2D eigenvalue weighted by atomic mass is 16.4. The molecule has 0 aromatic rings. The summed E-state index contributed by atoms with van der Waals surface area (Å²) in [5, 5.41) is 21.4. The molecule has 5 aliphatic carbocycles. The fraction of sp³-hybridized carbons (Fsp3) is 0.900.